The van der Waals surface area contributed by atoms with Crippen LogP contribution in [0.15, 0.2) is 18.5 Å². The van der Waals surface area contributed by atoms with Crippen LogP contribution in [0, 0.1) is 0 Å². The van der Waals surface area contributed by atoms with Crippen molar-refractivity contribution < 1.29 is 9.53 Å². The van der Waals surface area contributed by atoms with Gasteiger partial charge in [-0.2, -0.15) is 5.10 Å². The molecule has 1 atom stereocenters. The van der Waals surface area contributed by atoms with Crippen LogP contribution in [0.4, 0.5) is 0 Å². The number of ether oxygens (including phenoxy) is 1. The summed E-state index contributed by atoms with van der Waals surface area (Å²) in [5, 5.41) is 16.5. The van der Waals surface area contributed by atoms with E-state index in [0.29, 0.717) is 32.7 Å². The fourth-order valence-electron chi connectivity index (χ4n) is 3.66. The Hall–Kier alpha value is -2.33. The third kappa shape index (κ3) is 4.16. The van der Waals surface area contributed by atoms with Gasteiger partial charge in [-0.15, -0.1) is 5.10 Å². The molecule has 1 aliphatic rings. The van der Waals surface area contributed by atoms with E-state index < -0.39 is 5.54 Å². The zero-order chi connectivity index (χ0) is 19.3. The van der Waals surface area contributed by atoms with Crippen molar-refractivity contribution in [2.75, 3.05) is 40.9 Å². The van der Waals surface area contributed by atoms with E-state index in [2.05, 4.69) is 25.5 Å². The van der Waals surface area contributed by atoms with Crippen molar-refractivity contribution in [3.05, 3.63) is 24.3 Å². The van der Waals surface area contributed by atoms with Crippen molar-refractivity contribution in [2.24, 2.45) is 0 Å². The number of carbonyl (C=O) groups excluding carboxylic acids is 1. The molecule has 0 aliphatic carbocycles. The van der Waals surface area contributed by atoms with Crippen molar-refractivity contribution >= 4 is 5.91 Å². The van der Waals surface area contributed by atoms with Gasteiger partial charge in [0.2, 0.25) is 5.91 Å². The number of likely N-dealkylation sites (tertiary alicyclic amines) is 1. The Balaban J connectivity index is 1.75. The van der Waals surface area contributed by atoms with Crippen LogP contribution in [-0.4, -0.2) is 86.6 Å². The van der Waals surface area contributed by atoms with Crippen LogP contribution in [0.3, 0.4) is 0 Å². The highest BCUT2D eigenvalue weighted by atomic mass is 16.5. The second-order valence-corrected chi connectivity index (χ2v) is 7.08. The molecule has 3 heterocycles. The molecule has 1 aliphatic heterocycles. The molecule has 3 rings (SSSR count). The third-order valence-electron chi connectivity index (χ3n) is 5.25. The Bertz CT molecular complexity index is 729. The van der Waals surface area contributed by atoms with Gasteiger partial charge in [-0.1, -0.05) is 0 Å². The van der Waals surface area contributed by atoms with Gasteiger partial charge in [0.1, 0.15) is 5.54 Å². The molecule has 0 N–H and O–H groups in total. The second-order valence-electron chi connectivity index (χ2n) is 7.08. The molecule has 10 heteroatoms. The van der Waals surface area contributed by atoms with E-state index in [-0.39, 0.29) is 5.91 Å². The fourth-order valence-corrected chi connectivity index (χ4v) is 3.66. The van der Waals surface area contributed by atoms with E-state index in [4.69, 9.17) is 4.74 Å². The molecule has 2 aromatic heterocycles. The summed E-state index contributed by atoms with van der Waals surface area (Å²) in [5.41, 5.74) is -0.406. The van der Waals surface area contributed by atoms with Gasteiger partial charge in [-0.25, -0.2) is 4.68 Å². The van der Waals surface area contributed by atoms with Crippen LogP contribution in [-0.2, 0) is 28.2 Å². The highest BCUT2D eigenvalue weighted by molar-refractivity contribution is 5.76. The maximum atomic E-state index is 12.8. The van der Waals surface area contributed by atoms with Gasteiger partial charge in [-0.05, 0) is 43.4 Å². The number of carbonyl (C=O) groups is 1. The largest absolute Gasteiger partial charge is 0.383 e. The molecule has 0 aromatic carbocycles. The monoisotopic (exact) mass is 376 g/mol. The van der Waals surface area contributed by atoms with Gasteiger partial charge in [0.05, 0.1) is 13.2 Å². The summed E-state index contributed by atoms with van der Waals surface area (Å²) < 4.78 is 8.75. The highest BCUT2D eigenvalue weighted by Gasteiger charge is 2.44. The zero-order valence-corrected chi connectivity index (χ0v) is 16.3. The van der Waals surface area contributed by atoms with E-state index >= 15 is 0 Å². The second kappa shape index (κ2) is 8.57. The van der Waals surface area contributed by atoms with Crippen LogP contribution in [0.2, 0.25) is 0 Å². The lowest BCUT2D eigenvalue weighted by Crippen LogP contribution is -2.56. The number of hydrogen-bond donors (Lipinski definition) is 0. The Morgan fingerprint density at radius 3 is 2.93 bits per heavy atom. The molecule has 1 saturated heterocycles. The number of nitrogens with zero attached hydrogens (tertiary/aromatic N) is 8. The van der Waals surface area contributed by atoms with Crippen molar-refractivity contribution in [3.8, 4) is 0 Å². The number of aryl methyl sites for hydroxylation is 1. The average molecular weight is 376 g/mol. The number of hydrogen-bond acceptors (Lipinski definition) is 7. The zero-order valence-electron chi connectivity index (χ0n) is 16.3. The van der Waals surface area contributed by atoms with Crippen LogP contribution < -0.4 is 0 Å². The summed E-state index contributed by atoms with van der Waals surface area (Å²) in [6, 6.07) is 1.86. The van der Waals surface area contributed by atoms with E-state index in [1.165, 1.54) is 0 Å². The Morgan fingerprint density at radius 2 is 2.22 bits per heavy atom. The predicted molar refractivity (Wildman–Crippen MR) is 97.7 cm³/mol. The van der Waals surface area contributed by atoms with Crippen molar-refractivity contribution in [3.63, 3.8) is 0 Å². The first-order chi connectivity index (χ1) is 13.1. The van der Waals surface area contributed by atoms with Gasteiger partial charge in [0.25, 0.3) is 0 Å². The Kier molecular flexibility index (Phi) is 6.17. The molecule has 0 bridgehead atoms. The first kappa shape index (κ1) is 19.4. The maximum Gasteiger partial charge on any atom is 0.224 e. The summed E-state index contributed by atoms with van der Waals surface area (Å²) >= 11 is 0. The van der Waals surface area contributed by atoms with Gasteiger partial charge >= 0.3 is 0 Å². The summed E-state index contributed by atoms with van der Waals surface area (Å²) in [6.45, 7) is 3.04. The first-order valence-corrected chi connectivity index (χ1v) is 9.25. The van der Waals surface area contributed by atoms with Crippen LogP contribution >= 0.6 is 0 Å². The first-order valence-electron chi connectivity index (χ1n) is 9.25. The highest BCUT2D eigenvalue weighted by Crippen LogP contribution is 2.34. The molecule has 2 aromatic rings. The Morgan fingerprint density at radius 1 is 1.37 bits per heavy atom. The maximum absolute atomic E-state index is 12.8. The summed E-state index contributed by atoms with van der Waals surface area (Å²) in [4.78, 5) is 16.9. The molecular formula is C17H28N8O2. The molecule has 1 unspecified atom stereocenters. The summed E-state index contributed by atoms with van der Waals surface area (Å²) in [6.07, 6.45) is 5.83. The lowest BCUT2D eigenvalue weighted by Gasteiger charge is -2.45. The van der Waals surface area contributed by atoms with Gasteiger partial charge < -0.3 is 9.64 Å². The Labute approximate surface area is 159 Å². The molecule has 10 nitrogen and oxygen atoms in total. The minimum Gasteiger partial charge on any atom is -0.383 e. The molecule has 27 heavy (non-hydrogen) atoms. The summed E-state index contributed by atoms with van der Waals surface area (Å²) in [5.74, 6) is 0.918. The van der Waals surface area contributed by atoms with Crippen molar-refractivity contribution in [1.82, 2.24) is 39.8 Å². The topological polar surface area (TPSA) is 94.2 Å². The lowest BCUT2D eigenvalue weighted by atomic mass is 9.86. The molecular weight excluding hydrogens is 348 g/mol. The number of amides is 1. The quantitative estimate of drug-likeness (QED) is 0.639. The number of aromatic nitrogens is 6. The lowest BCUT2D eigenvalue weighted by molar-refractivity contribution is -0.135. The van der Waals surface area contributed by atoms with Crippen LogP contribution in [0.25, 0.3) is 0 Å². The van der Waals surface area contributed by atoms with E-state index in [1.807, 2.05) is 31.3 Å². The molecule has 1 amide bonds. The van der Waals surface area contributed by atoms with Gasteiger partial charge in [0, 0.05) is 45.6 Å². The molecule has 1 fully saturated rings. The minimum atomic E-state index is -0.406. The fraction of sp³-hybridized carbons (Fsp3) is 0.706. The molecule has 148 valence electrons. The summed E-state index contributed by atoms with van der Waals surface area (Å²) in [7, 11) is 5.70. The number of likely N-dealkylation sites (N-methyl/N-ethyl adjacent to an activating group) is 1. The number of rotatable bonds is 8. The van der Waals surface area contributed by atoms with Gasteiger partial charge in [-0.3, -0.25) is 14.4 Å². The molecule has 0 radical (unpaired) electrons. The third-order valence-corrected chi connectivity index (χ3v) is 5.25. The molecule has 0 saturated carbocycles. The predicted octanol–water partition coefficient (Wildman–Crippen LogP) is -0.0144. The van der Waals surface area contributed by atoms with Crippen molar-refractivity contribution in [2.45, 2.75) is 37.9 Å². The van der Waals surface area contributed by atoms with Gasteiger partial charge in [0.15, 0.2) is 5.82 Å². The normalized spacial score (nSPS) is 20.4. The van der Waals surface area contributed by atoms with Crippen LogP contribution in [0.5, 0.6) is 0 Å². The average Bonchev–Trinajstić information content (AvgIpc) is 3.36. The smallest absolute Gasteiger partial charge is 0.224 e. The van der Waals surface area contributed by atoms with E-state index in [0.717, 1.165) is 25.2 Å². The SMILES string of the molecule is COCCn1nnnc1C1(N(C)C)CCCN(C(=O)CCn2cccn2)C1. The standard InChI is InChI=1S/C17H28N8O2/c1-22(2)17(16-19-20-21-25(16)12-13-27-3)7-4-9-23(14-17)15(26)6-11-24-10-5-8-18-24/h5,8,10H,4,6-7,9,11-14H2,1-3H3. The minimum absolute atomic E-state index is 0.132. The number of tetrazole rings is 1. The van der Waals surface area contributed by atoms with E-state index in [9.17, 15) is 4.79 Å². The van der Waals surface area contributed by atoms with Crippen LogP contribution in [0.1, 0.15) is 25.1 Å². The van der Waals surface area contributed by atoms with E-state index in [1.54, 1.807) is 22.7 Å². The molecule has 0 spiro atoms. The van der Waals surface area contributed by atoms with Crippen molar-refractivity contribution in [1.29, 1.82) is 0 Å². The number of piperidine rings is 1. The number of methoxy groups -OCH3 is 1.